The van der Waals surface area contributed by atoms with E-state index in [0.717, 1.165) is 11.1 Å². The summed E-state index contributed by atoms with van der Waals surface area (Å²) in [5.74, 6) is -0.288. The molecule has 0 unspecified atom stereocenters. The molecule has 3 heteroatoms. The number of benzene rings is 2. The average Bonchev–Trinajstić information content (AvgIpc) is 2.35. The zero-order chi connectivity index (χ0) is 13.1. The van der Waals surface area contributed by atoms with Gasteiger partial charge in [0.1, 0.15) is 5.82 Å². The largest absolute Gasteiger partial charge is 0.396 e. The van der Waals surface area contributed by atoms with Crippen molar-refractivity contribution in [1.29, 1.82) is 0 Å². The van der Waals surface area contributed by atoms with Gasteiger partial charge in [-0.2, -0.15) is 0 Å². The maximum absolute atomic E-state index is 13.8. The van der Waals surface area contributed by atoms with Gasteiger partial charge in [-0.3, -0.25) is 0 Å². The second-order valence-electron chi connectivity index (χ2n) is 4.27. The molecular formula is C15H14ClFO. The van der Waals surface area contributed by atoms with Gasteiger partial charge in [0, 0.05) is 22.8 Å². The molecule has 0 heterocycles. The zero-order valence-corrected chi connectivity index (χ0v) is 10.8. The monoisotopic (exact) mass is 264 g/mol. The zero-order valence-electron chi connectivity index (χ0n) is 10.1. The second kappa shape index (κ2) is 5.51. The molecule has 2 aromatic rings. The van der Waals surface area contributed by atoms with Crippen LogP contribution in [0.4, 0.5) is 4.39 Å². The molecule has 0 aromatic heterocycles. The predicted molar refractivity (Wildman–Crippen MR) is 72.4 cm³/mol. The summed E-state index contributed by atoms with van der Waals surface area (Å²) in [6.45, 7) is 1.98. The van der Waals surface area contributed by atoms with E-state index in [0.29, 0.717) is 22.6 Å². The molecule has 1 nitrogen and oxygen atoms in total. The van der Waals surface area contributed by atoms with Crippen molar-refractivity contribution in [2.24, 2.45) is 0 Å². The topological polar surface area (TPSA) is 20.2 Å². The lowest BCUT2D eigenvalue weighted by molar-refractivity contribution is 0.299. The molecule has 0 atom stereocenters. The Morgan fingerprint density at radius 1 is 1.11 bits per heavy atom. The number of rotatable bonds is 3. The summed E-state index contributed by atoms with van der Waals surface area (Å²) < 4.78 is 13.8. The first-order valence-corrected chi connectivity index (χ1v) is 6.15. The van der Waals surface area contributed by atoms with Gasteiger partial charge in [-0.05, 0) is 43.2 Å². The number of aliphatic hydroxyl groups is 1. The minimum Gasteiger partial charge on any atom is -0.396 e. The van der Waals surface area contributed by atoms with Crippen LogP contribution in [0.25, 0.3) is 11.1 Å². The van der Waals surface area contributed by atoms with Gasteiger partial charge in [0.2, 0.25) is 0 Å². The smallest absolute Gasteiger partial charge is 0.131 e. The standard InChI is InChI=1S/C15H14ClFO/c1-10-2-5-15(17)13(8-10)12-9-11(6-7-18)3-4-14(12)16/h2-5,8-9,18H,6-7H2,1H3. The Kier molecular flexibility index (Phi) is 4.00. The van der Waals surface area contributed by atoms with Gasteiger partial charge in [0.05, 0.1) is 0 Å². The third-order valence-electron chi connectivity index (χ3n) is 2.84. The number of aliphatic hydroxyl groups excluding tert-OH is 1. The van der Waals surface area contributed by atoms with Crippen LogP contribution >= 0.6 is 11.6 Å². The maximum atomic E-state index is 13.8. The first-order chi connectivity index (χ1) is 8.61. The van der Waals surface area contributed by atoms with Crippen molar-refractivity contribution in [1.82, 2.24) is 0 Å². The van der Waals surface area contributed by atoms with Crippen molar-refractivity contribution in [2.75, 3.05) is 6.61 Å². The van der Waals surface area contributed by atoms with Crippen LogP contribution in [0.3, 0.4) is 0 Å². The summed E-state index contributed by atoms with van der Waals surface area (Å²) in [4.78, 5) is 0. The fourth-order valence-corrected chi connectivity index (χ4v) is 2.13. The Balaban J connectivity index is 2.55. The number of aryl methyl sites for hydroxylation is 1. The van der Waals surface area contributed by atoms with Crippen LogP contribution < -0.4 is 0 Å². The molecule has 0 fully saturated rings. The predicted octanol–water partition coefficient (Wildman–Crippen LogP) is 3.99. The highest BCUT2D eigenvalue weighted by atomic mass is 35.5. The minimum atomic E-state index is -0.288. The highest BCUT2D eigenvalue weighted by Crippen LogP contribution is 2.31. The molecule has 0 aliphatic heterocycles. The van der Waals surface area contributed by atoms with Crippen molar-refractivity contribution in [3.8, 4) is 11.1 Å². The quantitative estimate of drug-likeness (QED) is 0.889. The third-order valence-corrected chi connectivity index (χ3v) is 3.17. The molecule has 0 spiro atoms. The van der Waals surface area contributed by atoms with Gasteiger partial charge < -0.3 is 5.11 Å². The fraction of sp³-hybridized carbons (Fsp3) is 0.200. The van der Waals surface area contributed by atoms with Crippen molar-refractivity contribution in [3.05, 3.63) is 58.4 Å². The Morgan fingerprint density at radius 2 is 1.89 bits per heavy atom. The highest BCUT2D eigenvalue weighted by Gasteiger charge is 2.10. The Bertz CT molecular complexity index is 566. The lowest BCUT2D eigenvalue weighted by Gasteiger charge is -2.09. The first-order valence-electron chi connectivity index (χ1n) is 5.77. The number of hydrogen-bond acceptors (Lipinski definition) is 1. The van der Waals surface area contributed by atoms with E-state index in [1.807, 2.05) is 19.1 Å². The fourth-order valence-electron chi connectivity index (χ4n) is 1.91. The van der Waals surface area contributed by atoms with E-state index in [9.17, 15) is 4.39 Å². The summed E-state index contributed by atoms with van der Waals surface area (Å²) >= 11 is 6.13. The molecule has 0 amide bonds. The third kappa shape index (κ3) is 2.71. The van der Waals surface area contributed by atoms with E-state index in [4.69, 9.17) is 16.7 Å². The minimum absolute atomic E-state index is 0.0668. The Morgan fingerprint density at radius 3 is 2.61 bits per heavy atom. The molecule has 0 saturated carbocycles. The second-order valence-corrected chi connectivity index (χ2v) is 4.68. The van der Waals surface area contributed by atoms with Crippen LogP contribution in [0, 0.1) is 12.7 Å². The SMILES string of the molecule is Cc1ccc(F)c(-c2cc(CCO)ccc2Cl)c1. The van der Waals surface area contributed by atoms with Gasteiger partial charge in [-0.25, -0.2) is 4.39 Å². The molecule has 0 saturated heterocycles. The van der Waals surface area contributed by atoms with Gasteiger partial charge in [0.25, 0.3) is 0 Å². The van der Waals surface area contributed by atoms with Crippen LogP contribution in [0.15, 0.2) is 36.4 Å². The van der Waals surface area contributed by atoms with Gasteiger partial charge in [0.15, 0.2) is 0 Å². The van der Waals surface area contributed by atoms with Crippen molar-refractivity contribution >= 4 is 11.6 Å². The van der Waals surface area contributed by atoms with E-state index in [-0.39, 0.29) is 12.4 Å². The summed E-state index contributed by atoms with van der Waals surface area (Å²) in [5.41, 5.74) is 3.09. The Hall–Kier alpha value is -1.38. The van der Waals surface area contributed by atoms with E-state index < -0.39 is 0 Å². The van der Waals surface area contributed by atoms with E-state index in [2.05, 4.69) is 0 Å². The summed E-state index contributed by atoms with van der Waals surface area (Å²) in [7, 11) is 0. The first kappa shape index (κ1) is 13.1. The van der Waals surface area contributed by atoms with E-state index in [1.54, 1.807) is 18.2 Å². The molecule has 2 rings (SSSR count). The lowest BCUT2D eigenvalue weighted by atomic mass is 10.00. The molecule has 0 bridgehead atoms. The number of hydrogen-bond donors (Lipinski definition) is 1. The normalized spacial score (nSPS) is 10.7. The highest BCUT2D eigenvalue weighted by molar-refractivity contribution is 6.33. The number of halogens is 2. The molecular weight excluding hydrogens is 251 g/mol. The van der Waals surface area contributed by atoms with Crippen LogP contribution in [0.2, 0.25) is 5.02 Å². The molecule has 0 radical (unpaired) electrons. The summed E-state index contributed by atoms with van der Waals surface area (Å²) in [5, 5.41) is 9.46. The van der Waals surface area contributed by atoms with Crippen LogP contribution in [-0.4, -0.2) is 11.7 Å². The molecule has 1 N–H and O–H groups in total. The van der Waals surface area contributed by atoms with Gasteiger partial charge in [-0.1, -0.05) is 29.3 Å². The van der Waals surface area contributed by atoms with Crippen LogP contribution in [-0.2, 0) is 6.42 Å². The molecule has 18 heavy (non-hydrogen) atoms. The molecule has 2 aromatic carbocycles. The van der Waals surface area contributed by atoms with Crippen molar-refractivity contribution < 1.29 is 9.50 Å². The maximum Gasteiger partial charge on any atom is 0.131 e. The van der Waals surface area contributed by atoms with Gasteiger partial charge >= 0.3 is 0 Å². The average molecular weight is 265 g/mol. The van der Waals surface area contributed by atoms with Crippen molar-refractivity contribution in [3.63, 3.8) is 0 Å². The van der Waals surface area contributed by atoms with Crippen LogP contribution in [0.1, 0.15) is 11.1 Å². The van der Waals surface area contributed by atoms with E-state index >= 15 is 0 Å². The van der Waals surface area contributed by atoms with E-state index in [1.165, 1.54) is 6.07 Å². The molecule has 94 valence electrons. The summed E-state index contributed by atoms with van der Waals surface area (Å²) in [6.07, 6.45) is 0.539. The van der Waals surface area contributed by atoms with Gasteiger partial charge in [-0.15, -0.1) is 0 Å². The summed E-state index contributed by atoms with van der Waals surface area (Å²) in [6, 6.07) is 10.4. The van der Waals surface area contributed by atoms with Crippen molar-refractivity contribution in [2.45, 2.75) is 13.3 Å². The van der Waals surface area contributed by atoms with Crippen LogP contribution in [0.5, 0.6) is 0 Å². The lowest BCUT2D eigenvalue weighted by Crippen LogP contribution is -1.93. The Labute approximate surface area is 111 Å². The molecule has 0 aliphatic rings. The molecule has 0 aliphatic carbocycles.